The Morgan fingerprint density at radius 3 is 1.78 bits per heavy atom. The molecule has 1 saturated heterocycles. The summed E-state index contributed by atoms with van der Waals surface area (Å²) in [6.07, 6.45) is -2.29. The molecule has 1 aliphatic rings. The highest BCUT2D eigenvalue weighted by atomic mass is 19.2. The van der Waals surface area contributed by atoms with E-state index in [-0.39, 0.29) is 5.69 Å². The third kappa shape index (κ3) is 2.42. The SMILES string of the molecule is O=[N+]([O-])c1ccc([C@H]2O[C@H]2c2c(F)c(F)c(F)c(F)c2F)cc1. The second-order valence-electron chi connectivity index (χ2n) is 4.81. The van der Waals surface area contributed by atoms with Crippen LogP contribution in [0.4, 0.5) is 27.6 Å². The molecule has 2 aromatic rings. The normalized spacial score (nSPS) is 19.7. The van der Waals surface area contributed by atoms with E-state index < -0.39 is 51.8 Å². The molecule has 2 aromatic carbocycles. The first kappa shape index (κ1) is 15.3. The number of halogens is 5. The van der Waals surface area contributed by atoms with Crippen molar-refractivity contribution in [1.82, 2.24) is 0 Å². The summed E-state index contributed by atoms with van der Waals surface area (Å²) >= 11 is 0. The van der Waals surface area contributed by atoms with Crippen molar-refractivity contribution in [2.24, 2.45) is 0 Å². The number of hydrogen-bond donors (Lipinski definition) is 0. The number of ether oxygens (including phenoxy) is 1. The van der Waals surface area contributed by atoms with Crippen LogP contribution in [0.2, 0.25) is 0 Å². The Morgan fingerprint density at radius 1 is 0.826 bits per heavy atom. The predicted octanol–water partition coefficient (Wildman–Crippen LogP) is 4.10. The number of epoxide rings is 1. The lowest BCUT2D eigenvalue weighted by molar-refractivity contribution is -0.384. The van der Waals surface area contributed by atoms with Crippen molar-refractivity contribution in [1.29, 1.82) is 0 Å². The molecule has 0 N–H and O–H groups in total. The van der Waals surface area contributed by atoms with Crippen LogP contribution in [-0.2, 0) is 4.74 Å². The maximum Gasteiger partial charge on any atom is 0.269 e. The third-order valence-corrected chi connectivity index (χ3v) is 3.45. The van der Waals surface area contributed by atoms with E-state index in [0.29, 0.717) is 5.56 Å². The molecule has 3 rings (SSSR count). The smallest absolute Gasteiger partial charge is 0.269 e. The molecule has 0 aromatic heterocycles. The minimum Gasteiger partial charge on any atom is -0.359 e. The number of rotatable bonds is 3. The fourth-order valence-electron chi connectivity index (χ4n) is 2.24. The van der Waals surface area contributed by atoms with Crippen LogP contribution in [0.15, 0.2) is 24.3 Å². The molecule has 0 saturated carbocycles. The number of nitro groups is 1. The summed E-state index contributed by atoms with van der Waals surface area (Å²) in [5.74, 6) is -10.2. The summed E-state index contributed by atoms with van der Waals surface area (Å²) in [6, 6.07) is 4.86. The monoisotopic (exact) mass is 331 g/mol. The quantitative estimate of drug-likeness (QED) is 0.212. The average molecular weight is 331 g/mol. The van der Waals surface area contributed by atoms with Gasteiger partial charge in [0.05, 0.1) is 10.5 Å². The van der Waals surface area contributed by atoms with Crippen molar-refractivity contribution >= 4 is 5.69 Å². The van der Waals surface area contributed by atoms with Gasteiger partial charge in [-0.15, -0.1) is 0 Å². The maximum absolute atomic E-state index is 13.7. The van der Waals surface area contributed by atoms with Gasteiger partial charge < -0.3 is 4.74 Å². The van der Waals surface area contributed by atoms with Gasteiger partial charge in [0.25, 0.3) is 5.69 Å². The van der Waals surface area contributed by atoms with E-state index >= 15 is 0 Å². The van der Waals surface area contributed by atoms with Gasteiger partial charge in [0.2, 0.25) is 5.82 Å². The second-order valence-corrected chi connectivity index (χ2v) is 4.81. The first-order valence-electron chi connectivity index (χ1n) is 6.24. The van der Waals surface area contributed by atoms with Gasteiger partial charge in [-0.05, 0) is 17.7 Å². The minimum absolute atomic E-state index is 0.206. The molecule has 0 aliphatic carbocycles. The molecule has 1 aliphatic heterocycles. The number of benzene rings is 2. The Morgan fingerprint density at radius 2 is 1.30 bits per heavy atom. The summed E-state index contributed by atoms with van der Waals surface area (Å²) in [4.78, 5) is 9.90. The average Bonchev–Trinajstić information content (AvgIpc) is 3.31. The molecule has 0 radical (unpaired) electrons. The lowest BCUT2D eigenvalue weighted by Crippen LogP contribution is -2.06. The van der Waals surface area contributed by atoms with Gasteiger partial charge in [-0.3, -0.25) is 10.1 Å². The number of nitrogens with zero attached hydrogens (tertiary/aromatic N) is 1. The van der Waals surface area contributed by atoms with Gasteiger partial charge in [-0.1, -0.05) is 0 Å². The molecular weight excluding hydrogens is 325 g/mol. The van der Waals surface area contributed by atoms with E-state index in [1.54, 1.807) is 0 Å². The van der Waals surface area contributed by atoms with Crippen LogP contribution < -0.4 is 0 Å². The topological polar surface area (TPSA) is 55.7 Å². The van der Waals surface area contributed by atoms with Gasteiger partial charge in [-0.25, -0.2) is 22.0 Å². The van der Waals surface area contributed by atoms with Crippen LogP contribution in [0.25, 0.3) is 0 Å². The second kappa shape index (κ2) is 5.27. The third-order valence-electron chi connectivity index (χ3n) is 3.45. The first-order chi connectivity index (χ1) is 10.8. The summed E-state index contributed by atoms with van der Waals surface area (Å²) in [7, 11) is 0. The van der Waals surface area contributed by atoms with Crippen LogP contribution in [0, 0.1) is 39.2 Å². The minimum atomic E-state index is -2.24. The van der Waals surface area contributed by atoms with Crippen LogP contribution >= 0.6 is 0 Å². The van der Waals surface area contributed by atoms with Crippen molar-refractivity contribution in [3.63, 3.8) is 0 Å². The fourth-order valence-corrected chi connectivity index (χ4v) is 2.24. The standard InChI is InChI=1S/C14H6F5NO3/c15-8-7(9(16)11(18)12(19)10(8)17)14-13(23-14)5-1-3-6(4-2-5)20(21)22/h1-4,13-14H/t13-,14+/m1/s1. The van der Waals surface area contributed by atoms with Crippen LogP contribution in [-0.4, -0.2) is 4.92 Å². The molecule has 0 unspecified atom stereocenters. The van der Waals surface area contributed by atoms with Crippen molar-refractivity contribution < 1.29 is 31.6 Å². The molecule has 1 heterocycles. The van der Waals surface area contributed by atoms with E-state index in [1.165, 1.54) is 12.1 Å². The Hall–Kier alpha value is -2.55. The Balaban J connectivity index is 1.93. The van der Waals surface area contributed by atoms with Gasteiger partial charge in [0.1, 0.15) is 12.2 Å². The molecule has 1 fully saturated rings. The van der Waals surface area contributed by atoms with Crippen LogP contribution in [0.1, 0.15) is 23.3 Å². The van der Waals surface area contributed by atoms with Gasteiger partial charge in [0, 0.05) is 12.1 Å². The lowest BCUT2D eigenvalue weighted by atomic mass is 10.0. The molecule has 0 bridgehead atoms. The Bertz CT molecular complexity index is 780. The molecule has 120 valence electrons. The zero-order valence-corrected chi connectivity index (χ0v) is 11.0. The predicted molar refractivity (Wildman–Crippen MR) is 65.9 cm³/mol. The summed E-state index contributed by atoms with van der Waals surface area (Å²) < 4.78 is 71.6. The molecule has 9 heteroatoms. The fraction of sp³-hybridized carbons (Fsp3) is 0.143. The highest BCUT2D eigenvalue weighted by Crippen LogP contribution is 2.53. The largest absolute Gasteiger partial charge is 0.359 e. The molecule has 0 spiro atoms. The molecule has 2 atom stereocenters. The molecular formula is C14H6F5NO3. The molecule has 4 nitrogen and oxygen atoms in total. The zero-order chi connectivity index (χ0) is 16.9. The highest BCUT2D eigenvalue weighted by molar-refractivity contribution is 5.38. The lowest BCUT2D eigenvalue weighted by Gasteiger charge is -2.05. The Labute approximate surface area is 125 Å². The number of hydrogen-bond acceptors (Lipinski definition) is 3. The van der Waals surface area contributed by atoms with Crippen LogP contribution in [0.3, 0.4) is 0 Å². The number of nitro benzene ring substituents is 1. The highest BCUT2D eigenvalue weighted by Gasteiger charge is 2.47. The van der Waals surface area contributed by atoms with Gasteiger partial charge >= 0.3 is 0 Å². The van der Waals surface area contributed by atoms with E-state index in [4.69, 9.17) is 4.74 Å². The summed E-state index contributed by atoms with van der Waals surface area (Å²) in [5, 5.41) is 10.5. The summed E-state index contributed by atoms with van der Waals surface area (Å²) in [5.41, 5.74) is -0.934. The van der Waals surface area contributed by atoms with Crippen molar-refractivity contribution in [2.75, 3.05) is 0 Å². The van der Waals surface area contributed by atoms with Gasteiger partial charge in [0.15, 0.2) is 23.3 Å². The van der Waals surface area contributed by atoms with E-state index in [2.05, 4.69) is 0 Å². The van der Waals surface area contributed by atoms with Crippen molar-refractivity contribution in [2.45, 2.75) is 12.2 Å². The molecule has 23 heavy (non-hydrogen) atoms. The first-order valence-corrected chi connectivity index (χ1v) is 6.24. The summed E-state index contributed by atoms with van der Waals surface area (Å²) in [6.45, 7) is 0. The number of non-ortho nitro benzene ring substituents is 1. The van der Waals surface area contributed by atoms with Crippen LogP contribution in [0.5, 0.6) is 0 Å². The van der Waals surface area contributed by atoms with Crippen molar-refractivity contribution in [3.8, 4) is 0 Å². The van der Waals surface area contributed by atoms with Gasteiger partial charge in [-0.2, -0.15) is 0 Å². The molecule has 0 amide bonds. The van der Waals surface area contributed by atoms with Crippen molar-refractivity contribution in [3.05, 3.63) is 74.6 Å². The van der Waals surface area contributed by atoms with E-state index in [9.17, 15) is 32.1 Å². The zero-order valence-electron chi connectivity index (χ0n) is 11.0. The van der Waals surface area contributed by atoms with E-state index in [0.717, 1.165) is 12.1 Å². The van der Waals surface area contributed by atoms with E-state index in [1.807, 2.05) is 0 Å². The maximum atomic E-state index is 13.7. The Kier molecular flexibility index (Phi) is 3.52.